The van der Waals surface area contributed by atoms with E-state index in [1.165, 1.54) is 0 Å². The molecule has 176 valence electrons. The third-order valence-corrected chi connectivity index (χ3v) is 6.45. The van der Waals surface area contributed by atoms with Crippen LogP contribution < -0.4 is 0 Å². The van der Waals surface area contributed by atoms with Gasteiger partial charge in [-0.05, 0) is 37.1 Å². The van der Waals surface area contributed by atoms with Gasteiger partial charge in [0.2, 0.25) is 0 Å². The van der Waals surface area contributed by atoms with Gasteiger partial charge in [0.1, 0.15) is 11.3 Å². The van der Waals surface area contributed by atoms with Crippen molar-refractivity contribution in [2.45, 2.75) is 19.4 Å². The standard InChI is InChI=1S/C25H27N5O4/c1-17-21(29-10-3-2-7-19(29)27-17)23(31)20-22(18-6-4-8-26-16-18)30(25(33)24(20)32)11-5-9-28-12-14-34-15-13-28/h2-4,6-8,10,16,22,31H,5,9,11-15H2,1H3/b23-20+/t22-/m1/s1. The SMILES string of the molecule is Cc1nc2ccccn2c1/C(O)=C1\C(=O)C(=O)N(CCCN2CCOCC2)[C@@H]1c1cccnc1. The zero-order valence-corrected chi connectivity index (χ0v) is 19.1. The number of Topliss-reactive ketones (excluding diaryl/α,β-unsaturated/α-hetero) is 1. The molecule has 34 heavy (non-hydrogen) atoms. The number of fused-ring (bicyclic) bond motifs is 1. The van der Waals surface area contributed by atoms with Gasteiger partial charge in [-0.1, -0.05) is 12.1 Å². The first-order valence-electron chi connectivity index (χ1n) is 11.5. The van der Waals surface area contributed by atoms with Crippen LogP contribution in [0.1, 0.15) is 29.4 Å². The monoisotopic (exact) mass is 461 g/mol. The summed E-state index contributed by atoms with van der Waals surface area (Å²) in [5.41, 5.74) is 2.39. The molecular weight excluding hydrogens is 434 g/mol. The molecule has 0 unspecified atom stereocenters. The fraction of sp³-hybridized carbons (Fsp3) is 0.360. The summed E-state index contributed by atoms with van der Waals surface area (Å²) < 4.78 is 7.14. The van der Waals surface area contributed by atoms with Crippen LogP contribution in [0.3, 0.4) is 0 Å². The summed E-state index contributed by atoms with van der Waals surface area (Å²) in [4.78, 5) is 39.0. The molecule has 5 heterocycles. The number of aliphatic hydroxyl groups excluding tert-OH is 1. The van der Waals surface area contributed by atoms with Gasteiger partial charge in [0.25, 0.3) is 11.7 Å². The van der Waals surface area contributed by atoms with E-state index in [1.54, 1.807) is 40.9 Å². The van der Waals surface area contributed by atoms with Crippen molar-refractivity contribution in [3.05, 3.63) is 71.4 Å². The summed E-state index contributed by atoms with van der Waals surface area (Å²) in [5, 5.41) is 11.4. The number of imidazole rings is 1. The van der Waals surface area contributed by atoms with Gasteiger partial charge in [0.05, 0.1) is 30.5 Å². The Bertz CT molecular complexity index is 1250. The Hall–Kier alpha value is -3.56. The summed E-state index contributed by atoms with van der Waals surface area (Å²) in [5.74, 6) is -1.52. The smallest absolute Gasteiger partial charge is 0.295 e. The first-order valence-corrected chi connectivity index (χ1v) is 11.5. The molecule has 2 aliphatic rings. The number of amides is 1. The predicted octanol–water partition coefficient (Wildman–Crippen LogP) is 2.18. The number of likely N-dealkylation sites (tertiary alicyclic amines) is 1. The molecule has 0 aliphatic carbocycles. The third-order valence-electron chi connectivity index (χ3n) is 6.45. The fourth-order valence-electron chi connectivity index (χ4n) is 4.81. The van der Waals surface area contributed by atoms with Gasteiger partial charge in [0.15, 0.2) is 5.76 Å². The molecule has 0 bridgehead atoms. The van der Waals surface area contributed by atoms with E-state index in [-0.39, 0.29) is 11.3 Å². The number of ketones is 1. The van der Waals surface area contributed by atoms with Gasteiger partial charge in [-0.2, -0.15) is 0 Å². The summed E-state index contributed by atoms with van der Waals surface area (Å²) in [6.07, 6.45) is 5.77. The van der Waals surface area contributed by atoms with Crippen molar-refractivity contribution in [3.8, 4) is 0 Å². The van der Waals surface area contributed by atoms with Crippen LogP contribution in [-0.4, -0.2) is 80.4 Å². The van der Waals surface area contributed by atoms with Gasteiger partial charge < -0.3 is 14.7 Å². The minimum absolute atomic E-state index is 0.0677. The molecule has 0 aromatic carbocycles. The normalized spacial score (nSPS) is 21.0. The molecule has 2 saturated heterocycles. The number of aromatic nitrogens is 3. The quantitative estimate of drug-likeness (QED) is 0.341. The molecule has 1 atom stereocenters. The van der Waals surface area contributed by atoms with Gasteiger partial charge in [-0.3, -0.25) is 23.9 Å². The molecule has 1 N–H and O–H groups in total. The Labute approximate surface area is 197 Å². The molecule has 3 aromatic heterocycles. The van der Waals surface area contributed by atoms with Crippen LogP contribution in [0.15, 0.2) is 54.5 Å². The molecule has 0 saturated carbocycles. The van der Waals surface area contributed by atoms with Crippen LogP contribution in [0.5, 0.6) is 0 Å². The van der Waals surface area contributed by atoms with Crippen LogP contribution in [0.4, 0.5) is 0 Å². The first-order chi connectivity index (χ1) is 16.6. The van der Waals surface area contributed by atoms with Gasteiger partial charge in [-0.15, -0.1) is 0 Å². The van der Waals surface area contributed by atoms with E-state index in [1.807, 2.05) is 24.3 Å². The van der Waals surface area contributed by atoms with Gasteiger partial charge in [-0.25, -0.2) is 4.98 Å². The molecule has 0 radical (unpaired) electrons. The summed E-state index contributed by atoms with van der Waals surface area (Å²) in [6.45, 7) is 6.11. The maximum absolute atomic E-state index is 13.3. The number of carbonyl (C=O) groups excluding carboxylic acids is 2. The highest BCUT2D eigenvalue weighted by Crippen LogP contribution is 2.39. The Kier molecular flexibility index (Phi) is 6.12. The average Bonchev–Trinajstić information content (AvgIpc) is 3.33. The highest BCUT2D eigenvalue weighted by molar-refractivity contribution is 6.46. The van der Waals surface area contributed by atoms with Crippen molar-refractivity contribution < 1.29 is 19.4 Å². The van der Waals surface area contributed by atoms with Gasteiger partial charge >= 0.3 is 0 Å². The lowest BCUT2D eigenvalue weighted by Crippen LogP contribution is -2.39. The highest BCUT2D eigenvalue weighted by Gasteiger charge is 2.46. The number of hydrogen-bond donors (Lipinski definition) is 1. The second-order valence-electron chi connectivity index (χ2n) is 8.56. The molecule has 2 aliphatic heterocycles. The number of nitrogens with zero attached hydrogens (tertiary/aromatic N) is 5. The number of hydrogen-bond acceptors (Lipinski definition) is 7. The molecule has 5 rings (SSSR count). The number of rotatable bonds is 6. The topological polar surface area (TPSA) is 100 Å². The largest absolute Gasteiger partial charge is 0.505 e. The number of morpholine rings is 1. The first kappa shape index (κ1) is 22.2. The number of aliphatic hydroxyl groups is 1. The second kappa shape index (κ2) is 9.36. The van der Waals surface area contributed by atoms with E-state index in [0.717, 1.165) is 19.6 Å². The number of ether oxygens (including phenoxy) is 1. The fourth-order valence-corrected chi connectivity index (χ4v) is 4.81. The van der Waals surface area contributed by atoms with E-state index in [2.05, 4.69) is 14.9 Å². The molecule has 1 amide bonds. The van der Waals surface area contributed by atoms with Crippen molar-refractivity contribution >= 4 is 23.1 Å². The molecular formula is C25H27N5O4. The lowest BCUT2D eigenvalue weighted by atomic mass is 9.97. The minimum Gasteiger partial charge on any atom is -0.505 e. The third kappa shape index (κ3) is 3.97. The van der Waals surface area contributed by atoms with E-state index >= 15 is 0 Å². The van der Waals surface area contributed by atoms with Crippen LogP contribution in [0.2, 0.25) is 0 Å². The van der Waals surface area contributed by atoms with E-state index in [9.17, 15) is 14.7 Å². The van der Waals surface area contributed by atoms with Crippen molar-refractivity contribution in [1.29, 1.82) is 0 Å². The molecule has 9 heteroatoms. The average molecular weight is 462 g/mol. The van der Waals surface area contributed by atoms with Crippen LogP contribution in [-0.2, 0) is 14.3 Å². The van der Waals surface area contributed by atoms with Crippen LogP contribution in [0.25, 0.3) is 11.4 Å². The minimum atomic E-state index is -0.716. The van der Waals surface area contributed by atoms with E-state index < -0.39 is 17.7 Å². The van der Waals surface area contributed by atoms with Crippen molar-refractivity contribution in [2.75, 3.05) is 39.4 Å². The zero-order valence-electron chi connectivity index (χ0n) is 19.1. The Morgan fingerprint density at radius 1 is 1.15 bits per heavy atom. The lowest BCUT2D eigenvalue weighted by Gasteiger charge is -2.29. The Morgan fingerprint density at radius 3 is 2.74 bits per heavy atom. The zero-order chi connectivity index (χ0) is 23.7. The highest BCUT2D eigenvalue weighted by atomic mass is 16.5. The van der Waals surface area contributed by atoms with Crippen LogP contribution in [0, 0.1) is 6.92 Å². The Balaban J connectivity index is 1.53. The molecule has 0 spiro atoms. The number of aryl methyl sites for hydroxylation is 1. The number of carbonyl (C=O) groups is 2. The summed E-state index contributed by atoms with van der Waals surface area (Å²) in [7, 11) is 0. The van der Waals surface area contributed by atoms with Crippen molar-refractivity contribution in [2.24, 2.45) is 0 Å². The number of pyridine rings is 2. The Morgan fingerprint density at radius 2 is 1.97 bits per heavy atom. The maximum Gasteiger partial charge on any atom is 0.295 e. The molecule has 9 nitrogen and oxygen atoms in total. The van der Waals surface area contributed by atoms with Crippen molar-refractivity contribution in [3.63, 3.8) is 0 Å². The second-order valence-corrected chi connectivity index (χ2v) is 8.56. The molecule has 3 aromatic rings. The predicted molar refractivity (Wildman–Crippen MR) is 125 cm³/mol. The summed E-state index contributed by atoms with van der Waals surface area (Å²) >= 11 is 0. The van der Waals surface area contributed by atoms with Crippen LogP contribution >= 0.6 is 0 Å². The molecule has 2 fully saturated rings. The van der Waals surface area contributed by atoms with Gasteiger partial charge in [0, 0.05) is 44.8 Å². The van der Waals surface area contributed by atoms with E-state index in [0.29, 0.717) is 48.8 Å². The summed E-state index contributed by atoms with van der Waals surface area (Å²) in [6, 6.07) is 8.39. The van der Waals surface area contributed by atoms with Crippen molar-refractivity contribution in [1.82, 2.24) is 24.2 Å². The lowest BCUT2D eigenvalue weighted by molar-refractivity contribution is -0.140. The maximum atomic E-state index is 13.3. The van der Waals surface area contributed by atoms with E-state index in [4.69, 9.17) is 4.74 Å².